The van der Waals surface area contributed by atoms with Crippen LogP contribution in [0, 0.1) is 6.92 Å². The molecule has 138 valence electrons. The summed E-state index contributed by atoms with van der Waals surface area (Å²) in [7, 11) is 3.81. The molecule has 0 aliphatic rings. The number of hydrogen-bond acceptors (Lipinski definition) is 4. The molecule has 0 aliphatic carbocycles. The lowest BCUT2D eigenvalue weighted by Gasteiger charge is -2.21. The molecule has 1 aromatic carbocycles. The second-order valence-electron chi connectivity index (χ2n) is 5.75. The number of thiazole rings is 1. The Hall–Kier alpha value is -1.94. The number of para-hydroxylation sites is 1. The van der Waals surface area contributed by atoms with Gasteiger partial charge in [0.05, 0.1) is 18.4 Å². The highest BCUT2D eigenvalue weighted by atomic mass is 127. The van der Waals surface area contributed by atoms with Gasteiger partial charge >= 0.3 is 0 Å². The van der Waals surface area contributed by atoms with Gasteiger partial charge in [-0.05, 0) is 19.1 Å². The molecule has 0 aliphatic heterocycles. The molecule has 0 bridgehead atoms. The summed E-state index contributed by atoms with van der Waals surface area (Å²) in [4.78, 5) is 12.0. The fourth-order valence-corrected chi connectivity index (χ4v) is 3.26. The maximum atomic E-state index is 4.44. The molecular formula is C18H23IN6S. The molecule has 0 atom stereocenters. The Morgan fingerprint density at radius 1 is 1.27 bits per heavy atom. The monoisotopic (exact) mass is 482 g/mol. The van der Waals surface area contributed by atoms with Crippen LogP contribution in [0.25, 0.3) is 5.69 Å². The number of nitrogens with zero attached hydrogens (tertiary/aromatic N) is 5. The molecular weight excluding hydrogens is 459 g/mol. The van der Waals surface area contributed by atoms with Crippen molar-refractivity contribution >= 4 is 41.3 Å². The first-order chi connectivity index (χ1) is 12.2. The van der Waals surface area contributed by atoms with Crippen LogP contribution in [0.15, 0.2) is 53.9 Å². The van der Waals surface area contributed by atoms with Gasteiger partial charge in [0, 0.05) is 43.5 Å². The zero-order chi connectivity index (χ0) is 17.6. The van der Waals surface area contributed by atoms with E-state index in [1.165, 1.54) is 4.88 Å². The lowest BCUT2D eigenvalue weighted by atomic mass is 10.3. The van der Waals surface area contributed by atoms with E-state index < -0.39 is 0 Å². The average Bonchev–Trinajstić information content (AvgIpc) is 3.25. The van der Waals surface area contributed by atoms with Crippen molar-refractivity contribution in [2.75, 3.05) is 14.1 Å². The second-order valence-corrected chi connectivity index (χ2v) is 7.07. The van der Waals surface area contributed by atoms with Crippen LogP contribution in [-0.4, -0.2) is 39.7 Å². The molecule has 0 saturated heterocycles. The summed E-state index contributed by atoms with van der Waals surface area (Å²) < 4.78 is 1.89. The van der Waals surface area contributed by atoms with E-state index in [1.807, 2.05) is 60.7 Å². The highest BCUT2D eigenvalue weighted by molar-refractivity contribution is 14.0. The van der Waals surface area contributed by atoms with Gasteiger partial charge in [-0.15, -0.1) is 35.3 Å². The SMILES string of the molecule is CN=C(NCc1ncc(C)s1)N(C)Cc1cnn(-c2ccccc2)c1.I. The van der Waals surface area contributed by atoms with Gasteiger partial charge in [-0.2, -0.15) is 5.10 Å². The number of aryl methyl sites for hydroxylation is 1. The maximum Gasteiger partial charge on any atom is 0.194 e. The Morgan fingerprint density at radius 2 is 2.04 bits per heavy atom. The minimum atomic E-state index is 0. The Kier molecular flexibility index (Phi) is 7.58. The first-order valence-corrected chi connectivity index (χ1v) is 8.89. The van der Waals surface area contributed by atoms with Crippen molar-refractivity contribution in [2.45, 2.75) is 20.0 Å². The molecule has 8 heteroatoms. The molecule has 0 amide bonds. The standard InChI is InChI=1S/C18H22N6S.HI/c1-14-9-20-17(25-14)11-21-18(19-2)23(3)12-15-10-22-24(13-15)16-7-5-4-6-8-16;/h4-10,13H,11-12H2,1-3H3,(H,19,21);1H. The van der Waals surface area contributed by atoms with Gasteiger partial charge in [0.15, 0.2) is 5.96 Å². The van der Waals surface area contributed by atoms with Crippen LogP contribution in [0.3, 0.4) is 0 Å². The number of aliphatic imine (C=N–C) groups is 1. The largest absolute Gasteiger partial charge is 0.350 e. The summed E-state index contributed by atoms with van der Waals surface area (Å²) in [6, 6.07) is 10.1. The number of aromatic nitrogens is 3. The molecule has 6 nitrogen and oxygen atoms in total. The van der Waals surface area contributed by atoms with Crippen LogP contribution in [0.1, 0.15) is 15.4 Å². The van der Waals surface area contributed by atoms with Crippen molar-refractivity contribution < 1.29 is 0 Å². The van der Waals surface area contributed by atoms with Crippen molar-refractivity contribution in [3.8, 4) is 5.69 Å². The maximum absolute atomic E-state index is 4.44. The van der Waals surface area contributed by atoms with E-state index in [1.54, 1.807) is 18.4 Å². The third-order valence-electron chi connectivity index (χ3n) is 3.72. The van der Waals surface area contributed by atoms with Crippen LogP contribution < -0.4 is 5.32 Å². The van der Waals surface area contributed by atoms with Gasteiger partial charge in [0.25, 0.3) is 0 Å². The van der Waals surface area contributed by atoms with Crippen molar-refractivity contribution in [3.05, 3.63) is 64.4 Å². The average molecular weight is 482 g/mol. The zero-order valence-corrected chi connectivity index (χ0v) is 18.2. The van der Waals surface area contributed by atoms with Crippen LogP contribution in [-0.2, 0) is 13.1 Å². The van der Waals surface area contributed by atoms with E-state index in [-0.39, 0.29) is 24.0 Å². The predicted molar refractivity (Wildman–Crippen MR) is 117 cm³/mol. The second kappa shape index (κ2) is 9.67. The molecule has 0 fully saturated rings. The summed E-state index contributed by atoms with van der Waals surface area (Å²) in [5.74, 6) is 0.834. The van der Waals surface area contributed by atoms with E-state index in [0.717, 1.165) is 28.8 Å². The molecule has 2 heterocycles. The number of nitrogens with one attached hydrogen (secondary N) is 1. The molecule has 3 rings (SSSR count). The normalized spacial score (nSPS) is 11.1. The van der Waals surface area contributed by atoms with Crippen LogP contribution >= 0.6 is 35.3 Å². The number of hydrogen-bond donors (Lipinski definition) is 1. The smallest absolute Gasteiger partial charge is 0.194 e. The van der Waals surface area contributed by atoms with E-state index in [0.29, 0.717) is 6.54 Å². The molecule has 0 saturated carbocycles. The first kappa shape index (κ1) is 20.4. The lowest BCUT2D eigenvalue weighted by molar-refractivity contribution is 0.476. The quantitative estimate of drug-likeness (QED) is 0.344. The topological polar surface area (TPSA) is 58.3 Å². The van der Waals surface area contributed by atoms with Crippen molar-refractivity contribution in [1.29, 1.82) is 0 Å². The summed E-state index contributed by atoms with van der Waals surface area (Å²) >= 11 is 1.70. The van der Waals surface area contributed by atoms with Crippen molar-refractivity contribution in [3.63, 3.8) is 0 Å². The van der Waals surface area contributed by atoms with Gasteiger partial charge in [0.2, 0.25) is 0 Å². The van der Waals surface area contributed by atoms with E-state index in [2.05, 4.69) is 32.2 Å². The number of halogens is 1. The molecule has 0 spiro atoms. The molecule has 2 aromatic heterocycles. The van der Waals surface area contributed by atoms with Gasteiger partial charge in [0.1, 0.15) is 5.01 Å². The van der Waals surface area contributed by atoms with Crippen molar-refractivity contribution in [1.82, 2.24) is 25.0 Å². The van der Waals surface area contributed by atoms with Crippen molar-refractivity contribution in [2.24, 2.45) is 4.99 Å². The number of rotatable bonds is 5. The first-order valence-electron chi connectivity index (χ1n) is 8.08. The van der Waals surface area contributed by atoms with Crippen LogP contribution in [0.2, 0.25) is 0 Å². The third kappa shape index (κ3) is 5.28. The predicted octanol–water partition coefficient (Wildman–Crippen LogP) is 3.46. The summed E-state index contributed by atoms with van der Waals surface area (Å²) in [6.07, 6.45) is 5.83. The van der Waals surface area contributed by atoms with E-state index in [9.17, 15) is 0 Å². The Labute approximate surface area is 175 Å². The van der Waals surface area contributed by atoms with E-state index in [4.69, 9.17) is 0 Å². The van der Waals surface area contributed by atoms with Gasteiger partial charge in [-0.3, -0.25) is 4.99 Å². The molecule has 1 N–H and O–H groups in total. The highest BCUT2D eigenvalue weighted by Crippen LogP contribution is 2.11. The summed E-state index contributed by atoms with van der Waals surface area (Å²) in [5.41, 5.74) is 2.18. The number of guanidine groups is 1. The molecule has 0 unspecified atom stereocenters. The fourth-order valence-electron chi connectivity index (χ4n) is 2.53. The highest BCUT2D eigenvalue weighted by Gasteiger charge is 2.09. The van der Waals surface area contributed by atoms with Crippen LogP contribution in [0.5, 0.6) is 0 Å². The fraction of sp³-hybridized carbons (Fsp3) is 0.278. The van der Waals surface area contributed by atoms with Gasteiger partial charge in [-0.1, -0.05) is 18.2 Å². The lowest BCUT2D eigenvalue weighted by Crippen LogP contribution is -2.37. The Balaban J connectivity index is 0.00000243. The van der Waals surface area contributed by atoms with Gasteiger partial charge < -0.3 is 10.2 Å². The molecule has 0 radical (unpaired) electrons. The number of benzene rings is 1. The minimum Gasteiger partial charge on any atom is -0.350 e. The van der Waals surface area contributed by atoms with Gasteiger partial charge in [-0.25, -0.2) is 9.67 Å². The molecule has 3 aromatic rings. The zero-order valence-electron chi connectivity index (χ0n) is 15.1. The minimum absolute atomic E-state index is 0. The van der Waals surface area contributed by atoms with Crippen LogP contribution in [0.4, 0.5) is 0 Å². The summed E-state index contributed by atoms with van der Waals surface area (Å²) in [6.45, 7) is 3.47. The summed E-state index contributed by atoms with van der Waals surface area (Å²) in [5, 5.41) is 8.86. The molecule has 26 heavy (non-hydrogen) atoms. The third-order valence-corrected chi connectivity index (χ3v) is 4.63. The Morgan fingerprint density at radius 3 is 2.69 bits per heavy atom. The Bertz CT molecular complexity index is 842. The van der Waals surface area contributed by atoms with E-state index >= 15 is 0 Å².